The highest BCUT2D eigenvalue weighted by Gasteiger charge is 2.35. The second-order valence-corrected chi connectivity index (χ2v) is 7.85. The third kappa shape index (κ3) is 4.93. The van der Waals surface area contributed by atoms with Crippen LogP contribution in [0.3, 0.4) is 0 Å². The molecule has 0 aliphatic rings. The van der Waals surface area contributed by atoms with E-state index in [-0.39, 0.29) is 0 Å². The molecule has 0 nitrogen and oxygen atoms in total. The maximum Gasteiger partial charge on any atom is 0.105 e. The van der Waals surface area contributed by atoms with Crippen LogP contribution in [0, 0.1) is 22.7 Å². The molecule has 0 saturated heterocycles. The van der Waals surface area contributed by atoms with Gasteiger partial charge in [-0.05, 0) is 29.1 Å². The van der Waals surface area contributed by atoms with Crippen LogP contribution in [0.1, 0.15) is 68.2 Å². The summed E-state index contributed by atoms with van der Waals surface area (Å²) in [4.78, 5) is 0. The molecule has 0 radical (unpaired) electrons. The molecule has 0 N–H and O–H groups in total. The van der Waals surface area contributed by atoms with Crippen molar-refractivity contribution in [2.75, 3.05) is 0 Å². The molecule has 3 unspecified atom stereocenters. The van der Waals surface area contributed by atoms with E-state index in [9.17, 15) is 0 Å². The lowest BCUT2D eigenvalue weighted by Crippen LogP contribution is -2.33. The minimum absolute atomic E-state index is 0.455. The first kappa shape index (κ1) is 16.1. The molecule has 0 aromatic carbocycles. The Hall–Kier alpha value is 0.0649. The van der Waals surface area contributed by atoms with Crippen molar-refractivity contribution in [3.05, 3.63) is 0 Å². The van der Waals surface area contributed by atoms with Crippen molar-refractivity contribution in [3.63, 3.8) is 0 Å². The molecule has 0 heterocycles. The minimum atomic E-state index is 0.455. The number of rotatable bonds is 5. The number of hydrogen-bond acceptors (Lipinski definition) is 0. The van der Waals surface area contributed by atoms with Crippen LogP contribution in [-0.2, 0) is 0 Å². The fraction of sp³-hybridized carbons (Fsp3) is 1.00. The highest BCUT2D eigenvalue weighted by molar-refractivity contribution is 6.11. The molecular formula is C15H33B. The van der Waals surface area contributed by atoms with Gasteiger partial charge < -0.3 is 0 Å². The molecular weight excluding hydrogens is 191 g/mol. The maximum absolute atomic E-state index is 2.45. The van der Waals surface area contributed by atoms with Crippen LogP contribution < -0.4 is 0 Å². The average molecular weight is 224 g/mol. The van der Waals surface area contributed by atoms with Gasteiger partial charge in [0.25, 0.3) is 0 Å². The zero-order valence-corrected chi connectivity index (χ0v) is 13.1. The molecule has 0 aliphatic carbocycles. The molecule has 0 bridgehead atoms. The second-order valence-electron chi connectivity index (χ2n) is 7.85. The standard InChI is InChI=1S/C15H33B/c1-9-15(7,8)13(12(3)16)11(2)10-14(4,5)6/h11-13H,9-10,16H2,1-8H3. The van der Waals surface area contributed by atoms with Gasteiger partial charge in [0.2, 0.25) is 0 Å². The summed E-state index contributed by atoms with van der Waals surface area (Å²) in [5.74, 6) is 2.43. The lowest BCUT2D eigenvalue weighted by atomic mass is 9.58. The van der Waals surface area contributed by atoms with Crippen LogP contribution in [0.15, 0.2) is 0 Å². The summed E-state index contributed by atoms with van der Waals surface area (Å²) in [7, 11) is 2.39. The van der Waals surface area contributed by atoms with E-state index in [4.69, 9.17) is 0 Å². The van der Waals surface area contributed by atoms with Crippen LogP contribution >= 0.6 is 0 Å². The molecule has 0 rings (SSSR count). The van der Waals surface area contributed by atoms with Gasteiger partial charge in [0.15, 0.2) is 0 Å². The predicted molar refractivity (Wildman–Crippen MR) is 78.8 cm³/mol. The van der Waals surface area contributed by atoms with E-state index in [1.165, 1.54) is 12.8 Å². The Balaban J connectivity index is 4.80. The molecule has 96 valence electrons. The van der Waals surface area contributed by atoms with Gasteiger partial charge in [-0.2, -0.15) is 0 Å². The summed E-state index contributed by atoms with van der Waals surface area (Å²) in [6.07, 6.45) is 2.61. The molecule has 0 spiro atoms. The lowest BCUT2D eigenvalue weighted by Gasteiger charge is -2.43. The normalized spacial score (nSPS) is 19.2. The van der Waals surface area contributed by atoms with Crippen LogP contribution in [0.2, 0.25) is 5.82 Å². The Morgan fingerprint density at radius 1 is 1.00 bits per heavy atom. The van der Waals surface area contributed by atoms with Gasteiger partial charge in [0.1, 0.15) is 7.85 Å². The van der Waals surface area contributed by atoms with Gasteiger partial charge in [-0.3, -0.25) is 0 Å². The van der Waals surface area contributed by atoms with E-state index in [0.717, 1.165) is 17.7 Å². The van der Waals surface area contributed by atoms with Crippen molar-refractivity contribution < 1.29 is 0 Å². The fourth-order valence-corrected chi connectivity index (χ4v) is 3.66. The van der Waals surface area contributed by atoms with Crippen molar-refractivity contribution in [2.24, 2.45) is 22.7 Å². The zero-order chi connectivity index (χ0) is 13.1. The average Bonchev–Trinajstić information content (AvgIpc) is 1.98. The van der Waals surface area contributed by atoms with Crippen LogP contribution in [0.4, 0.5) is 0 Å². The van der Waals surface area contributed by atoms with Gasteiger partial charge >= 0.3 is 0 Å². The van der Waals surface area contributed by atoms with Gasteiger partial charge in [-0.25, -0.2) is 0 Å². The first-order valence-corrected chi connectivity index (χ1v) is 7.01. The third-order valence-electron chi connectivity index (χ3n) is 4.08. The Labute approximate surface area is 105 Å². The van der Waals surface area contributed by atoms with Crippen molar-refractivity contribution in [3.8, 4) is 0 Å². The highest BCUT2D eigenvalue weighted by Crippen LogP contribution is 2.45. The summed E-state index contributed by atoms with van der Waals surface area (Å²) < 4.78 is 0. The molecule has 1 heteroatoms. The monoisotopic (exact) mass is 224 g/mol. The summed E-state index contributed by atoms with van der Waals surface area (Å²) in [6.45, 7) is 19.1. The van der Waals surface area contributed by atoms with Crippen molar-refractivity contribution in [2.45, 2.75) is 74.0 Å². The SMILES string of the molecule is BC(C)C(C(C)CC(C)(C)C)C(C)(C)CC. The van der Waals surface area contributed by atoms with E-state index in [1.807, 2.05) is 0 Å². The number of hydrogen-bond donors (Lipinski definition) is 0. The molecule has 0 amide bonds. The second kappa shape index (κ2) is 5.60. The van der Waals surface area contributed by atoms with E-state index in [0.29, 0.717) is 10.8 Å². The van der Waals surface area contributed by atoms with E-state index in [2.05, 4.69) is 63.2 Å². The lowest BCUT2D eigenvalue weighted by molar-refractivity contribution is 0.107. The molecule has 0 aliphatic heterocycles. The Bertz CT molecular complexity index is 198. The third-order valence-corrected chi connectivity index (χ3v) is 4.08. The zero-order valence-electron chi connectivity index (χ0n) is 13.1. The van der Waals surface area contributed by atoms with Gasteiger partial charge in [0.05, 0.1) is 0 Å². The van der Waals surface area contributed by atoms with Gasteiger partial charge in [-0.1, -0.05) is 67.6 Å². The first-order valence-electron chi connectivity index (χ1n) is 7.01. The van der Waals surface area contributed by atoms with Crippen molar-refractivity contribution >= 4 is 7.85 Å². The predicted octanol–water partition coefficient (Wildman–Crippen LogP) is 4.55. The molecule has 3 atom stereocenters. The summed E-state index contributed by atoms with van der Waals surface area (Å²) in [5.41, 5.74) is 0.926. The van der Waals surface area contributed by atoms with E-state index < -0.39 is 0 Å². The first-order chi connectivity index (χ1) is 7.01. The van der Waals surface area contributed by atoms with Crippen LogP contribution in [0.25, 0.3) is 0 Å². The van der Waals surface area contributed by atoms with E-state index in [1.54, 1.807) is 0 Å². The Kier molecular flexibility index (Phi) is 5.62. The van der Waals surface area contributed by atoms with E-state index >= 15 is 0 Å². The maximum atomic E-state index is 2.45. The van der Waals surface area contributed by atoms with Crippen LogP contribution in [0.5, 0.6) is 0 Å². The molecule has 0 aromatic heterocycles. The molecule has 0 saturated carbocycles. The largest absolute Gasteiger partial charge is 0.105 e. The topological polar surface area (TPSA) is 0 Å². The highest BCUT2D eigenvalue weighted by atomic mass is 14.4. The summed E-state index contributed by atoms with van der Waals surface area (Å²) in [5, 5.41) is 0. The Morgan fingerprint density at radius 2 is 1.44 bits per heavy atom. The molecule has 0 aromatic rings. The quantitative estimate of drug-likeness (QED) is 0.601. The van der Waals surface area contributed by atoms with Crippen molar-refractivity contribution in [1.29, 1.82) is 0 Å². The van der Waals surface area contributed by atoms with Gasteiger partial charge in [0, 0.05) is 0 Å². The van der Waals surface area contributed by atoms with Gasteiger partial charge in [-0.15, -0.1) is 0 Å². The fourth-order valence-electron chi connectivity index (χ4n) is 3.66. The molecule has 16 heavy (non-hydrogen) atoms. The smallest absolute Gasteiger partial charge is 0.0694 e. The molecule has 0 fully saturated rings. The minimum Gasteiger partial charge on any atom is -0.0694 e. The van der Waals surface area contributed by atoms with Crippen molar-refractivity contribution in [1.82, 2.24) is 0 Å². The van der Waals surface area contributed by atoms with Crippen LogP contribution in [-0.4, -0.2) is 7.85 Å². The summed E-state index contributed by atoms with van der Waals surface area (Å²) in [6, 6.07) is 0. The summed E-state index contributed by atoms with van der Waals surface area (Å²) >= 11 is 0. The Morgan fingerprint density at radius 3 is 1.69 bits per heavy atom.